The maximum Gasteiger partial charge on any atom is 1.00 e. The first kappa shape index (κ1) is 15.9. The molecule has 2 N–H and O–H groups in total. The van der Waals surface area contributed by atoms with E-state index in [1.807, 2.05) is 0 Å². The molecule has 0 saturated carbocycles. The van der Waals surface area contributed by atoms with E-state index >= 15 is 0 Å². The van der Waals surface area contributed by atoms with Crippen molar-refractivity contribution >= 4 is 10.4 Å². The molecule has 0 amide bonds. The monoisotopic (exact) mass is 236 g/mol. The van der Waals surface area contributed by atoms with Crippen molar-refractivity contribution in [3.8, 4) is 0 Å². The van der Waals surface area contributed by atoms with Crippen molar-refractivity contribution < 1.29 is 75.8 Å². The van der Waals surface area contributed by atoms with E-state index in [0.29, 0.717) is 0 Å². The van der Waals surface area contributed by atoms with Crippen LogP contribution in [0.5, 0.6) is 0 Å². The van der Waals surface area contributed by atoms with Gasteiger partial charge in [0.25, 0.3) is 0 Å². The predicted molar refractivity (Wildman–Crippen MR) is 15.3 cm³/mol. The minimum Gasteiger partial charge on any atom is -1.00 e. The summed E-state index contributed by atoms with van der Waals surface area (Å²) < 4.78 is 31.6. The van der Waals surface area contributed by atoms with Gasteiger partial charge in [0.15, 0.2) is 0 Å². The summed E-state index contributed by atoms with van der Waals surface area (Å²) in [5, 5.41) is 0. The Kier molecular flexibility index (Phi) is 13.5. The molecule has 0 fully saturated rings. The van der Waals surface area contributed by atoms with Crippen molar-refractivity contribution in [2.75, 3.05) is 0 Å². The van der Waals surface area contributed by atoms with Gasteiger partial charge in [-0.05, 0) is 0 Å². The minimum atomic E-state index is -4.67. The third-order valence-electron chi connectivity index (χ3n) is 0. The summed E-state index contributed by atoms with van der Waals surface area (Å²) in [5.41, 5.74) is 0. The molecule has 0 aliphatic rings. The standard InChI is InChI=1S/Cd.Na.H2O4S.H/c;;1-5(2,3)4;/h;;(H2,1,2,3,4);/q;+1;;-1. The van der Waals surface area contributed by atoms with E-state index in [9.17, 15) is 0 Å². The number of hydrogen-bond donors (Lipinski definition) is 2. The van der Waals surface area contributed by atoms with Gasteiger partial charge in [-0.1, -0.05) is 0 Å². The van der Waals surface area contributed by atoms with Crippen LogP contribution in [0.15, 0.2) is 0 Å². The molecule has 0 bridgehead atoms. The quantitative estimate of drug-likeness (QED) is 0.336. The molecule has 36 valence electrons. The van der Waals surface area contributed by atoms with Gasteiger partial charge in [-0.3, -0.25) is 9.11 Å². The zero-order chi connectivity index (χ0) is 4.50. The predicted octanol–water partition coefficient (Wildman–Crippen LogP) is -3.54. The summed E-state index contributed by atoms with van der Waals surface area (Å²) in [5.74, 6) is 0. The largest absolute Gasteiger partial charge is 1.00 e. The van der Waals surface area contributed by atoms with Crippen molar-refractivity contribution in [3.05, 3.63) is 0 Å². The zero-order valence-corrected chi connectivity index (χ0v) is 10.7. The Bertz CT molecular complexity index is 99.2. The SMILES string of the molecule is O=S(=O)(O)O.[Cd].[H-].[Na+]. The van der Waals surface area contributed by atoms with Gasteiger partial charge in [-0.15, -0.1) is 0 Å². The molecule has 4 nitrogen and oxygen atoms in total. The Balaban J connectivity index is -0.0000000267. The summed E-state index contributed by atoms with van der Waals surface area (Å²) in [7, 11) is -4.67. The van der Waals surface area contributed by atoms with Crippen LogP contribution in [0, 0.1) is 0 Å². The third-order valence-corrected chi connectivity index (χ3v) is 0. The van der Waals surface area contributed by atoms with Gasteiger partial charge in [-0.25, -0.2) is 0 Å². The molecule has 0 aliphatic carbocycles. The molecule has 0 aromatic rings. The first-order chi connectivity index (χ1) is 2.00. The minimum absolute atomic E-state index is 0. The summed E-state index contributed by atoms with van der Waals surface area (Å²) >= 11 is 0. The third kappa shape index (κ3) is 81.4. The van der Waals surface area contributed by atoms with Crippen LogP contribution in [0.1, 0.15) is 1.43 Å². The smallest absolute Gasteiger partial charge is 1.00 e. The van der Waals surface area contributed by atoms with Crippen molar-refractivity contribution in [2.45, 2.75) is 0 Å². The zero-order valence-electron chi connectivity index (χ0n) is 4.83. The molecule has 0 saturated heterocycles. The fraction of sp³-hybridized carbons (Fsp3) is 0. The Hall–Kier alpha value is 1.79. The first-order valence-electron chi connectivity index (χ1n) is 0.698. The summed E-state index contributed by atoms with van der Waals surface area (Å²) in [4.78, 5) is 0. The Morgan fingerprint density at radius 2 is 1.29 bits per heavy atom. The van der Waals surface area contributed by atoms with Gasteiger partial charge in [0.1, 0.15) is 0 Å². The van der Waals surface area contributed by atoms with E-state index in [-0.39, 0.29) is 58.3 Å². The number of rotatable bonds is 0. The molecule has 0 aromatic heterocycles. The normalized spacial score (nSPS) is 8.29. The van der Waals surface area contributed by atoms with E-state index in [1.165, 1.54) is 0 Å². The summed E-state index contributed by atoms with van der Waals surface area (Å²) in [6.07, 6.45) is 0. The molecule has 0 spiro atoms. The summed E-state index contributed by atoms with van der Waals surface area (Å²) in [6.45, 7) is 0. The topological polar surface area (TPSA) is 74.6 Å². The van der Waals surface area contributed by atoms with Gasteiger partial charge >= 0.3 is 40.0 Å². The molecular weight excluding hydrogens is 231 g/mol. The molecule has 7 heteroatoms. The molecule has 0 aromatic carbocycles. The average molecular weight is 234 g/mol. The van der Waals surface area contributed by atoms with E-state index in [1.54, 1.807) is 0 Å². The second-order valence-corrected chi connectivity index (χ2v) is 1.34. The van der Waals surface area contributed by atoms with Crippen LogP contribution in [0.25, 0.3) is 0 Å². The van der Waals surface area contributed by atoms with Crippen molar-refractivity contribution in [2.24, 2.45) is 0 Å². The van der Waals surface area contributed by atoms with Crippen molar-refractivity contribution in [1.29, 1.82) is 0 Å². The summed E-state index contributed by atoms with van der Waals surface area (Å²) in [6, 6.07) is 0. The molecule has 0 heterocycles. The molecule has 7 heavy (non-hydrogen) atoms. The molecular formula is H3CdNaO4S. The van der Waals surface area contributed by atoms with Gasteiger partial charge < -0.3 is 1.43 Å². The molecule has 0 unspecified atom stereocenters. The van der Waals surface area contributed by atoms with Crippen LogP contribution in [0.2, 0.25) is 0 Å². The number of hydrogen-bond acceptors (Lipinski definition) is 2. The van der Waals surface area contributed by atoms with Gasteiger partial charge in [-0.2, -0.15) is 8.42 Å². The maximum absolute atomic E-state index is 8.74. The molecule has 0 aliphatic heterocycles. The van der Waals surface area contributed by atoms with E-state index in [0.717, 1.165) is 0 Å². The van der Waals surface area contributed by atoms with Crippen LogP contribution in [0.4, 0.5) is 0 Å². The van der Waals surface area contributed by atoms with Crippen molar-refractivity contribution in [3.63, 3.8) is 0 Å². The first-order valence-corrected chi connectivity index (χ1v) is 2.10. The van der Waals surface area contributed by atoms with Crippen LogP contribution in [-0.2, 0) is 37.7 Å². The molecule has 0 radical (unpaired) electrons. The fourth-order valence-corrected chi connectivity index (χ4v) is 0. The van der Waals surface area contributed by atoms with E-state index in [2.05, 4.69) is 0 Å². The van der Waals surface area contributed by atoms with Gasteiger partial charge in [0.05, 0.1) is 0 Å². The van der Waals surface area contributed by atoms with E-state index in [4.69, 9.17) is 17.5 Å². The van der Waals surface area contributed by atoms with Gasteiger partial charge in [0.2, 0.25) is 0 Å². The van der Waals surface area contributed by atoms with Crippen LogP contribution < -0.4 is 29.6 Å². The Morgan fingerprint density at radius 3 is 1.29 bits per heavy atom. The van der Waals surface area contributed by atoms with Crippen LogP contribution >= 0.6 is 0 Å². The average Bonchev–Trinajstić information content (AvgIpc) is 0.722. The molecule has 0 atom stereocenters. The second-order valence-electron chi connectivity index (χ2n) is 0.448. The van der Waals surface area contributed by atoms with Crippen LogP contribution in [0.3, 0.4) is 0 Å². The second kappa shape index (κ2) is 5.92. The van der Waals surface area contributed by atoms with E-state index < -0.39 is 10.4 Å². The fourth-order valence-electron chi connectivity index (χ4n) is 0. The van der Waals surface area contributed by atoms with Crippen molar-refractivity contribution in [1.82, 2.24) is 0 Å². The van der Waals surface area contributed by atoms with Gasteiger partial charge in [0, 0.05) is 27.3 Å². The maximum atomic E-state index is 8.74. The van der Waals surface area contributed by atoms with Crippen LogP contribution in [-0.4, -0.2) is 17.5 Å². The Labute approximate surface area is 85.2 Å². The Morgan fingerprint density at radius 1 is 1.29 bits per heavy atom. The molecule has 0 rings (SSSR count).